The number of carbonyl (C=O) groups is 1. The molecule has 0 fully saturated rings. The Bertz CT molecular complexity index is 363. The van der Waals surface area contributed by atoms with Crippen molar-refractivity contribution in [3.8, 4) is 6.19 Å². The molecule has 1 N–H and O–H groups in total. The Hall–Kier alpha value is -1.82. The third-order valence-corrected chi connectivity index (χ3v) is 2.23. The number of benzene rings is 1. The van der Waals surface area contributed by atoms with Crippen LogP contribution in [0.2, 0.25) is 0 Å². The quantitative estimate of drug-likeness (QED) is 0.565. The maximum Gasteiger partial charge on any atom is 0.243 e. The molecule has 0 saturated heterocycles. The molecular weight excluding hydrogens is 176 g/mol. The normalized spacial score (nSPS) is 10.4. The highest BCUT2D eigenvalue weighted by Crippen LogP contribution is 2.22. The predicted octanol–water partition coefficient (Wildman–Crippen LogP) is 1.56. The first-order chi connectivity index (χ1) is 6.59. The van der Waals surface area contributed by atoms with E-state index in [2.05, 4.69) is 5.32 Å². The van der Waals surface area contributed by atoms with Crippen molar-refractivity contribution in [2.24, 2.45) is 0 Å². The van der Waals surface area contributed by atoms with E-state index >= 15 is 0 Å². The average Bonchev–Trinajstić information content (AvgIpc) is 2.19. The van der Waals surface area contributed by atoms with Gasteiger partial charge >= 0.3 is 0 Å². The Morgan fingerprint density at radius 2 is 1.93 bits per heavy atom. The van der Waals surface area contributed by atoms with Gasteiger partial charge in [0.05, 0.1) is 5.41 Å². The van der Waals surface area contributed by atoms with E-state index in [-0.39, 0.29) is 5.91 Å². The molecule has 3 nitrogen and oxygen atoms in total. The highest BCUT2D eigenvalue weighted by atomic mass is 16.2. The number of nitriles is 1. The van der Waals surface area contributed by atoms with Crippen molar-refractivity contribution in [1.82, 2.24) is 5.32 Å². The number of amides is 1. The average molecular weight is 188 g/mol. The third-order valence-electron chi connectivity index (χ3n) is 2.23. The molecule has 1 aromatic carbocycles. The summed E-state index contributed by atoms with van der Waals surface area (Å²) in [5.74, 6) is -0.286. The van der Waals surface area contributed by atoms with E-state index in [0.29, 0.717) is 0 Å². The molecule has 72 valence electrons. The fraction of sp³-hybridized carbons (Fsp3) is 0.273. The molecule has 0 spiro atoms. The molecule has 1 aromatic rings. The topological polar surface area (TPSA) is 52.9 Å². The standard InChI is InChI=1S/C11H12N2O/c1-11(2,10(14)13-8-12)9-6-4-3-5-7-9/h3-7H,1-2H3,(H,13,14). The third kappa shape index (κ3) is 1.91. The maximum atomic E-state index is 11.5. The second kappa shape index (κ2) is 3.93. The summed E-state index contributed by atoms with van der Waals surface area (Å²) in [6.07, 6.45) is 1.64. The smallest absolute Gasteiger partial charge is 0.243 e. The van der Waals surface area contributed by atoms with Crippen molar-refractivity contribution in [3.05, 3.63) is 35.9 Å². The van der Waals surface area contributed by atoms with Gasteiger partial charge in [-0.2, -0.15) is 5.26 Å². The molecule has 0 radical (unpaired) electrons. The van der Waals surface area contributed by atoms with Gasteiger partial charge in [-0.05, 0) is 19.4 Å². The number of nitrogens with one attached hydrogen (secondary N) is 1. The van der Waals surface area contributed by atoms with Gasteiger partial charge in [0.2, 0.25) is 5.91 Å². The van der Waals surface area contributed by atoms with Crippen LogP contribution in [0.4, 0.5) is 0 Å². The molecule has 0 aromatic heterocycles. The van der Waals surface area contributed by atoms with Gasteiger partial charge in [-0.15, -0.1) is 0 Å². The zero-order chi connectivity index (χ0) is 10.6. The van der Waals surface area contributed by atoms with E-state index in [1.807, 2.05) is 30.3 Å². The van der Waals surface area contributed by atoms with Gasteiger partial charge in [-0.25, -0.2) is 0 Å². The minimum Gasteiger partial charge on any atom is -0.273 e. The van der Waals surface area contributed by atoms with Gasteiger partial charge in [-0.3, -0.25) is 10.1 Å². The number of rotatable bonds is 2. The lowest BCUT2D eigenvalue weighted by atomic mass is 9.84. The van der Waals surface area contributed by atoms with Crippen molar-refractivity contribution in [1.29, 1.82) is 5.26 Å². The maximum absolute atomic E-state index is 11.5. The van der Waals surface area contributed by atoms with Crippen LogP contribution in [0.15, 0.2) is 30.3 Å². The van der Waals surface area contributed by atoms with Gasteiger partial charge in [0.1, 0.15) is 0 Å². The zero-order valence-corrected chi connectivity index (χ0v) is 8.24. The fourth-order valence-electron chi connectivity index (χ4n) is 1.19. The second-order valence-corrected chi connectivity index (χ2v) is 3.56. The van der Waals surface area contributed by atoms with Crippen LogP contribution in [0.1, 0.15) is 19.4 Å². The lowest BCUT2D eigenvalue weighted by molar-refractivity contribution is -0.124. The van der Waals surface area contributed by atoms with Crippen LogP contribution in [-0.2, 0) is 10.2 Å². The van der Waals surface area contributed by atoms with Crippen LogP contribution >= 0.6 is 0 Å². The van der Waals surface area contributed by atoms with E-state index in [0.717, 1.165) is 5.56 Å². The SMILES string of the molecule is CC(C)(C(=O)NC#N)c1ccccc1. The molecule has 0 unspecified atom stereocenters. The molecule has 0 saturated carbocycles. The summed E-state index contributed by atoms with van der Waals surface area (Å²) in [4.78, 5) is 11.5. The number of hydrogen-bond donors (Lipinski definition) is 1. The van der Waals surface area contributed by atoms with Crippen molar-refractivity contribution in [2.75, 3.05) is 0 Å². The van der Waals surface area contributed by atoms with Gasteiger partial charge < -0.3 is 0 Å². The van der Waals surface area contributed by atoms with Crippen LogP contribution < -0.4 is 5.32 Å². The molecular formula is C11H12N2O. The number of hydrogen-bond acceptors (Lipinski definition) is 2. The summed E-state index contributed by atoms with van der Waals surface area (Å²) in [6.45, 7) is 3.57. The Morgan fingerprint density at radius 1 is 1.36 bits per heavy atom. The van der Waals surface area contributed by atoms with Crippen molar-refractivity contribution >= 4 is 5.91 Å². The van der Waals surface area contributed by atoms with Crippen LogP contribution in [0.25, 0.3) is 0 Å². The number of nitrogens with zero attached hydrogens (tertiary/aromatic N) is 1. The highest BCUT2D eigenvalue weighted by molar-refractivity contribution is 5.88. The second-order valence-electron chi connectivity index (χ2n) is 3.56. The van der Waals surface area contributed by atoms with Crippen molar-refractivity contribution < 1.29 is 4.79 Å². The summed E-state index contributed by atoms with van der Waals surface area (Å²) >= 11 is 0. The molecule has 0 aliphatic heterocycles. The summed E-state index contributed by atoms with van der Waals surface area (Å²) < 4.78 is 0. The van der Waals surface area contributed by atoms with Crippen LogP contribution in [-0.4, -0.2) is 5.91 Å². The first kappa shape index (κ1) is 10.3. The lowest BCUT2D eigenvalue weighted by Gasteiger charge is -2.21. The summed E-state index contributed by atoms with van der Waals surface area (Å²) in [5.41, 5.74) is 0.226. The van der Waals surface area contributed by atoms with Crippen molar-refractivity contribution in [2.45, 2.75) is 19.3 Å². The fourth-order valence-corrected chi connectivity index (χ4v) is 1.19. The molecule has 0 aliphatic carbocycles. The molecule has 0 bridgehead atoms. The van der Waals surface area contributed by atoms with Crippen LogP contribution in [0.5, 0.6) is 0 Å². The van der Waals surface area contributed by atoms with E-state index in [9.17, 15) is 4.79 Å². The predicted molar refractivity (Wildman–Crippen MR) is 53.2 cm³/mol. The zero-order valence-electron chi connectivity index (χ0n) is 8.24. The molecule has 1 amide bonds. The number of carbonyl (C=O) groups excluding carboxylic acids is 1. The van der Waals surface area contributed by atoms with Gasteiger partial charge in [0.15, 0.2) is 6.19 Å². The Morgan fingerprint density at radius 3 is 2.43 bits per heavy atom. The first-order valence-corrected chi connectivity index (χ1v) is 4.34. The van der Waals surface area contributed by atoms with E-state index in [1.165, 1.54) is 0 Å². The minimum atomic E-state index is -0.670. The summed E-state index contributed by atoms with van der Waals surface area (Å²) in [7, 11) is 0. The molecule has 3 heteroatoms. The summed E-state index contributed by atoms with van der Waals surface area (Å²) in [6, 6.07) is 9.38. The van der Waals surface area contributed by atoms with Gasteiger partial charge in [0, 0.05) is 0 Å². The molecule has 1 rings (SSSR count). The monoisotopic (exact) mass is 188 g/mol. The largest absolute Gasteiger partial charge is 0.273 e. The Balaban J connectivity index is 2.97. The molecule has 14 heavy (non-hydrogen) atoms. The molecule has 0 aliphatic rings. The van der Waals surface area contributed by atoms with E-state index in [4.69, 9.17) is 5.26 Å². The highest BCUT2D eigenvalue weighted by Gasteiger charge is 2.29. The summed E-state index contributed by atoms with van der Waals surface area (Å²) in [5, 5.41) is 10.5. The first-order valence-electron chi connectivity index (χ1n) is 4.34. The van der Waals surface area contributed by atoms with Crippen molar-refractivity contribution in [3.63, 3.8) is 0 Å². The Labute approximate surface area is 83.4 Å². The minimum absolute atomic E-state index is 0.286. The van der Waals surface area contributed by atoms with Crippen LogP contribution in [0, 0.1) is 11.5 Å². The van der Waals surface area contributed by atoms with E-state index < -0.39 is 5.41 Å². The van der Waals surface area contributed by atoms with Gasteiger partial charge in [-0.1, -0.05) is 30.3 Å². The van der Waals surface area contributed by atoms with E-state index in [1.54, 1.807) is 20.0 Å². The molecule has 0 atom stereocenters. The molecule has 0 heterocycles. The Kier molecular flexibility index (Phi) is 2.88. The lowest BCUT2D eigenvalue weighted by Crippen LogP contribution is -2.37. The van der Waals surface area contributed by atoms with Crippen LogP contribution in [0.3, 0.4) is 0 Å². The van der Waals surface area contributed by atoms with Gasteiger partial charge in [0.25, 0.3) is 0 Å².